The van der Waals surface area contributed by atoms with E-state index >= 15 is 0 Å². The smallest absolute Gasteiger partial charge is 0.236 e. The first kappa shape index (κ1) is 22.0. The molecule has 2 aromatic carbocycles. The van der Waals surface area contributed by atoms with Crippen molar-refractivity contribution in [1.82, 2.24) is 20.9 Å². The Bertz CT molecular complexity index is 1010. The number of carbonyl (C=O) groups is 1. The van der Waals surface area contributed by atoms with Crippen molar-refractivity contribution < 1.29 is 9.18 Å². The second-order valence-corrected chi connectivity index (χ2v) is 8.07. The molecule has 0 radical (unpaired) electrons. The van der Waals surface area contributed by atoms with E-state index in [1.54, 1.807) is 6.07 Å². The Kier molecular flexibility index (Phi) is 7.14. The topological polar surface area (TPSA) is 94.8 Å². The molecule has 2 unspecified atom stereocenters. The molecule has 0 bridgehead atoms. The first-order chi connectivity index (χ1) is 15.6. The van der Waals surface area contributed by atoms with E-state index in [-0.39, 0.29) is 23.8 Å². The van der Waals surface area contributed by atoms with E-state index in [0.29, 0.717) is 32.0 Å². The van der Waals surface area contributed by atoms with Crippen LogP contribution in [0, 0.1) is 5.82 Å². The van der Waals surface area contributed by atoms with Crippen molar-refractivity contribution in [3.8, 4) is 0 Å². The number of aliphatic imine (C=N–C) groups is 1. The lowest BCUT2D eigenvalue weighted by atomic mass is 10.0. The number of amides is 1. The molecule has 0 saturated carbocycles. The van der Waals surface area contributed by atoms with Crippen LogP contribution in [0.5, 0.6) is 0 Å². The Hall–Kier alpha value is -3.23. The van der Waals surface area contributed by atoms with Crippen LogP contribution < -0.4 is 21.7 Å². The molecule has 5 N–H and O–H groups in total. The molecular weight excluding hydrogens is 407 g/mol. The summed E-state index contributed by atoms with van der Waals surface area (Å²) in [5.74, 6) is 0.167. The van der Waals surface area contributed by atoms with E-state index in [1.165, 1.54) is 12.1 Å². The van der Waals surface area contributed by atoms with Gasteiger partial charge < -0.3 is 21.7 Å². The minimum absolute atomic E-state index is 0.0147. The summed E-state index contributed by atoms with van der Waals surface area (Å²) in [5, 5.41) is 9.77. The summed E-state index contributed by atoms with van der Waals surface area (Å²) in [7, 11) is 0. The maximum atomic E-state index is 13.3. The molecule has 8 heteroatoms. The van der Waals surface area contributed by atoms with Crippen molar-refractivity contribution in [2.24, 2.45) is 10.7 Å². The molecule has 1 amide bonds. The molecule has 2 atom stereocenters. The predicted molar refractivity (Wildman–Crippen MR) is 123 cm³/mol. The number of primary amides is 1. The largest absolute Gasteiger partial charge is 0.368 e. The highest BCUT2D eigenvalue weighted by molar-refractivity contribution is 5.82. The van der Waals surface area contributed by atoms with Crippen LogP contribution in [0.15, 0.2) is 65.8 Å². The SMILES string of the molecule is NC(=O)C1CNCCN1Cc1cccc(C2C=CNC(=NCCc3cccc(F)c3)N2)c1. The van der Waals surface area contributed by atoms with Gasteiger partial charge in [0, 0.05) is 38.9 Å². The highest BCUT2D eigenvalue weighted by atomic mass is 19.1. The third-order valence-corrected chi connectivity index (χ3v) is 5.74. The first-order valence-electron chi connectivity index (χ1n) is 10.9. The van der Waals surface area contributed by atoms with Gasteiger partial charge in [0.1, 0.15) is 11.9 Å². The van der Waals surface area contributed by atoms with Gasteiger partial charge in [-0.1, -0.05) is 36.4 Å². The predicted octanol–water partition coefficient (Wildman–Crippen LogP) is 1.43. The number of piperazine rings is 1. The zero-order valence-corrected chi connectivity index (χ0v) is 17.9. The van der Waals surface area contributed by atoms with Crippen molar-refractivity contribution in [3.63, 3.8) is 0 Å². The highest BCUT2D eigenvalue weighted by Gasteiger charge is 2.26. The standard InChI is InChI=1S/C24H29FN6O/c25-20-6-2-3-17(14-20)7-9-28-24-29-10-8-21(30-24)19-5-1-4-18(13-19)16-31-12-11-27-15-22(31)23(26)32/h1-6,8,10,13-14,21-22,27H,7,9,11-12,15-16H2,(H2,26,32)(H2,28,29,30). The number of rotatable bonds is 7. The van der Waals surface area contributed by atoms with Crippen LogP contribution in [-0.2, 0) is 17.8 Å². The average molecular weight is 437 g/mol. The molecule has 2 aliphatic heterocycles. The molecule has 0 aromatic heterocycles. The van der Waals surface area contributed by atoms with E-state index in [4.69, 9.17) is 5.73 Å². The number of nitrogens with one attached hydrogen (secondary N) is 3. The van der Waals surface area contributed by atoms with Crippen LogP contribution in [-0.4, -0.2) is 49.0 Å². The normalized spacial score (nSPS) is 22.3. The average Bonchev–Trinajstić information content (AvgIpc) is 2.80. The summed E-state index contributed by atoms with van der Waals surface area (Å²) in [6, 6.07) is 14.6. The Morgan fingerprint density at radius 3 is 2.88 bits per heavy atom. The lowest BCUT2D eigenvalue weighted by Crippen LogP contribution is -2.56. The number of nitrogens with two attached hydrogens (primary N) is 1. The van der Waals surface area contributed by atoms with Crippen LogP contribution in [0.3, 0.4) is 0 Å². The molecule has 2 aliphatic rings. The van der Waals surface area contributed by atoms with Gasteiger partial charge in [-0.05, 0) is 41.3 Å². The summed E-state index contributed by atoms with van der Waals surface area (Å²) in [5.41, 5.74) is 8.75. The van der Waals surface area contributed by atoms with Crippen LogP contribution in [0.4, 0.5) is 4.39 Å². The van der Waals surface area contributed by atoms with Gasteiger partial charge in [-0.15, -0.1) is 0 Å². The minimum Gasteiger partial charge on any atom is -0.368 e. The van der Waals surface area contributed by atoms with E-state index in [2.05, 4.69) is 44.0 Å². The van der Waals surface area contributed by atoms with Gasteiger partial charge >= 0.3 is 0 Å². The molecule has 2 heterocycles. The van der Waals surface area contributed by atoms with Crippen molar-refractivity contribution in [3.05, 3.63) is 83.3 Å². The maximum Gasteiger partial charge on any atom is 0.236 e. The molecule has 32 heavy (non-hydrogen) atoms. The molecular formula is C24H29FN6O. The Balaban J connectivity index is 1.38. The highest BCUT2D eigenvalue weighted by Crippen LogP contribution is 2.19. The number of benzene rings is 2. The molecule has 0 spiro atoms. The Labute approximate surface area is 187 Å². The van der Waals surface area contributed by atoms with E-state index in [1.807, 2.05) is 24.4 Å². The van der Waals surface area contributed by atoms with Crippen molar-refractivity contribution in [1.29, 1.82) is 0 Å². The molecule has 168 valence electrons. The van der Waals surface area contributed by atoms with Gasteiger partial charge in [-0.25, -0.2) is 4.39 Å². The fourth-order valence-electron chi connectivity index (χ4n) is 4.07. The lowest BCUT2D eigenvalue weighted by Gasteiger charge is -2.34. The summed E-state index contributed by atoms with van der Waals surface area (Å²) >= 11 is 0. The monoisotopic (exact) mass is 436 g/mol. The Morgan fingerprint density at radius 1 is 1.19 bits per heavy atom. The summed E-state index contributed by atoms with van der Waals surface area (Å²) < 4.78 is 13.3. The first-order valence-corrected chi connectivity index (χ1v) is 10.9. The zero-order chi connectivity index (χ0) is 22.3. The number of halogens is 1. The molecule has 0 aliphatic carbocycles. The number of guanidine groups is 1. The van der Waals surface area contributed by atoms with Crippen LogP contribution in [0.25, 0.3) is 0 Å². The summed E-state index contributed by atoms with van der Waals surface area (Å²) in [4.78, 5) is 18.5. The van der Waals surface area contributed by atoms with Crippen molar-refractivity contribution in [2.75, 3.05) is 26.2 Å². The van der Waals surface area contributed by atoms with Gasteiger partial charge in [0.05, 0.1) is 6.04 Å². The number of nitrogens with zero attached hydrogens (tertiary/aromatic N) is 2. The fraction of sp³-hybridized carbons (Fsp3) is 0.333. The van der Waals surface area contributed by atoms with Gasteiger partial charge in [-0.2, -0.15) is 0 Å². The van der Waals surface area contributed by atoms with Crippen molar-refractivity contribution in [2.45, 2.75) is 25.0 Å². The zero-order valence-electron chi connectivity index (χ0n) is 17.9. The molecule has 1 fully saturated rings. The summed E-state index contributed by atoms with van der Waals surface area (Å²) in [6.07, 6.45) is 4.59. The number of carbonyl (C=O) groups excluding carboxylic acids is 1. The van der Waals surface area contributed by atoms with Gasteiger partial charge in [-0.3, -0.25) is 14.7 Å². The van der Waals surface area contributed by atoms with E-state index in [0.717, 1.165) is 29.8 Å². The quantitative estimate of drug-likeness (QED) is 0.527. The number of hydrogen-bond donors (Lipinski definition) is 4. The third-order valence-electron chi connectivity index (χ3n) is 5.74. The van der Waals surface area contributed by atoms with Crippen LogP contribution in [0.2, 0.25) is 0 Å². The van der Waals surface area contributed by atoms with E-state index < -0.39 is 0 Å². The van der Waals surface area contributed by atoms with E-state index in [9.17, 15) is 9.18 Å². The number of hydrogen-bond acceptors (Lipinski definition) is 4. The third kappa shape index (κ3) is 5.72. The van der Waals surface area contributed by atoms with Gasteiger partial charge in [0.25, 0.3) is 0 Å². The minimum atomic E-state index is -0.296. The molecule has 7 nitrogen and oxygen atoms in total. The fourth-order valence-corrected chi connectivity index (χ4v) is 4.07. The summed E-state index contributed by atoms with van der Waals surface area (Å²) in [6.45, 7) is 3.44. The molecule has 4 rings (SSSR count). The Morgan fingerprint density at radius 2 is 2.03 bits per heavy atom. The molecule has 1 saturated heterocycles. The maximum absolute atomic E-state index is 13.3. The van der Waals surface area contributed by atoms with Crippen molar-refractivity contribution >= 4 is 11.9 Å². The second kappa shape index (κ2) is 10.4. The second-order valence-electron chi connectivity index (χ2n) is 8.07. The van der Waals surface area contributed by atoms with Gasteiger partial charge in [0.15, 0.2) is 5.96 Å². The van der Waals surface area contributed by atoms with Crippen LogP contribution in [0.1, 0.15) is 22.7 Å². The van der Waals surface area contributed by atoms with Gasteiger partial charge in [0.2, 0.25) is 5.91 Å². The molecule has 2 aromatic rings. The van der Waals surface area contributed by atoms with Crippen LogP contribution >= 0.6 is 0 Å². The lowest BCUT2D eigenvalue weighted by molar-refractivity contribution is -0.124.